The lowest BCUT2D eigenvalue weighted by Gasteiger charge is -2.18. The first-order valence-corrected chi connectivity index (χ1v) is 10.3. The molecule has 3 rings (SSSR count). The number of nitrogens with zero attached hydrogens (tertiary/aromatic N) is 2. The maximum absolute atomic E-state index is 12.9. The average Bonchev–Trinajstić information content (AvgIpc) is 3.07. The van der Waals surface area contributed by atoms with E-state index in [0.717, 1.165) is 16.0 Å². The van der Waals surface area contributed by atoms with Crippen LogP contribution in [0, 0.1) is 0 Å². The normalized spacial score (nSPS) is 14.2. The molecule has 0 bridgehead atoms. The Morgan fingerprint density at radius 2 is 2.08 bits per heavy atom. The molecule has 142 valence electrons. The van der Waals surface area contributed by atoms with Crippen LogP contribution in [0.3, 0.4) is 0 Å². The number of hydrogen-bond donors (Lipinski definition) is 1. The van der Waals surface area contributed by atoms with Gasteiger partial charge in [0.2, 0.25) is 0 Å². The summed E-state index contributed by atoms with van der Waals surface area (Å²) in [6.07, 6.45) is -2.15. The average molecular weight is 407 g/mol. The smallest absolute Gasteiger partial charge is 0.365 e. The number of carbonyl (C=O) groups is 1. The fourth-order valence-electron chi connectivity index (χ4n) is 3.15. The van der Waals surface area contributed by atoms with E-state index in [1.165, 1.54) is 6.20 Å². The Hall–Kier alpha value is -1.88. The number of fused-ring (bicyclic) bond motifs is 3. The third-order valence-corrected chi connectivity index (χ3v) is 7.85. The number of carbonyl (C=O) groups excluding carboxylic acids is 1. The fraction of sp³-hybridized carbons (Fsp3) is 0.467. The van der Waals surface area contributed by atoms with E-state index in [2.05, 4.69) is 5.10 Å². The molecule has 1 aliphatic carbocycles. The highest BCUT2D eigenvalue weighted by atomic mass is 32.2. The number of aromatic nitrogens is 2. The first kappa shape index (κ1) is 18.9. The van der Waals surface area contributed by atoms with Crippen molar-refractivity contribution in [2.45, 2.75) is 43.1 Å². The van der Waals surface area contributed by atoms with Gasteiger partial charge in [0.05, 0.1) is 22.5 Å². The van der Waals surface area contributed by atoms with E-state index < -0.39 is 28.5 Å². The van der Waals surface area contributed by atoms with Crippen molar-refractivity contribution in [2.75, 3.05) is 5.75 Å². The molecule has 2 N–H and O–H groups in total. The summed E-state index contributed by atoms with van der Waals surface area (Å²) in [6, 6.07) is 0. The quantitative estimate of drug-likeness (QED) is 0.824. The van der Waals surface area contributed by atoms with E-state index >= 15 is 0 Å². The first-order chi connectivity index (χ1) is 12.0. The highest BCUT2D eigenvalue weighted by molar-refractivity contribution is 7.93. The molecule has 11 heteroatoms. The highest BCUT2D eigenvalue weighted by Gasteiger charge is 2.37. The number of halogens is 3. The number of rotatable bonds is 5. The minimum absolute atomic E-state index is 0.0834. The van der Waals surface area contributed by atoms with Gasteiger partial charge in [0.25, 0.3) is 5.91 Å². The van der Waals surface area contributed by atoms with Crippen LogP contribution in [0.1, 0.15) is 34.1 Å². The highest BCUT2D eigenvalue weighted by Crippen LogP contribution is 2.45. The number of alkyl halides is 3. The molecule has 0 atom stereocenters. The largest absolute Gasteiger partial charge is 0.408 e. The van der Waals surface area contributed by atoms with Gasteiger partial charge < -0.3 is 5.73 Å². The van der Waals surface area contributed by atoms with Crippen molar-refractivity contribution in [3.05, 3.63) is 22.2 Å². The fourth-order valence-corrected chi connectivity index (χ4v) is 6.34. The van der Waals surface area contributed by atoms with Gasteiger partial charge >= 0.3 is 6.18 Å². The zero-order valence-electron chi connectivity index (χ0n) is 13.8. The van der Waals surface area contributed by atoms with Gasteiger partial charge in [0.1, 0.15) is 10.8 Å². The number of hydrogen-bond acceptors (Lipinski definition) is 5. The molecule has 0 aromatic carbocycles. The lowest BCUT2D eigenvalue weighted by Crippen LogP contribution is -2.21. The standard InChI is InChI=1S/C15H16F3N3O3S2/c1-2-5-26(23,24)14-10-9(12(25-14)13(19)22)4-3-8-6-20-21(11(8)10)7-15(16,17)18/h6H,2-5,7H2,1H3,(H2,19,22). The maximum atomic E-state index is 12.9. The molecule has 1 amide bonds. The van der Waals surface area contributed by atoms with E-state index in [4.69, 9.17) is 5.73 Å². The van der Waals surface area contributed by atoms with Crippen LogP contribution >= 0.6 is 11.3 Å². The maximum Gasteiger partial charge on any atom is 0.408 e. The molecule has 0 saturated carbocycles. The monoisotopic (exact) mass is 407 g/mol. The van der Waals surface area contributed by atoms with Crippen LogP contribution in [0.2, 0.25) is 0 Å². The third kappa shape index (κ3) is 3.25. The molecule has 0 aliphatic heterocycles. The summed E-state index contributed by atoms with van der Waals surface area (Å²) in [7, 11) is -3.76. The molecule has 0 fully saturated rings. The molecule has 2 aromatic rings. The second-order valence-corrected chi connectivity index (χ2v) is 9.37. The van der Waals surface area contributed by atoms with E-state index in [9.17, 15) is 26.4 Å². The SMILES string of the molecule is CCCS(=O)(=O)c1sc(C(N)=O)c2c1-c1c(cnn1CC(F)(F)F)CC2. The van der Waals surface area contributed by atoms with E-state index in [0.29, 0.717) is 30.4 Å². The van der Waals surface area contributed by atoms with Crippen molar-refractivity contribution in [3.8, 4) is 11.3 Å². The lowest BCUT2D eigenvalue weighted by molar-refractivity contribution is -0.142. The number of aryl methyl sites for hydroxylation is 1. The van der Waals surface area contributed by atoms with Gasteiger partial charge in [-0.3, -0.25) is 9.48 Å². The van der Waals surface area contributed by atoms with Gasteiger partial charge in [-0.15, -0.1) is 11.3 Å². The summed E-state index contributed by atoms with van der Waals surface area (Å²) < 4.78 is 64.7. The van der Waals surface area contributed by atoms with Gasteiger partial charge in [-0.25, -0.2) is 8.42 Å². The molecule has 0 spiro atoms. The second kappa shape index (κ2) is 6.38. The van der Waals surface area contributed by atoms with Crippen molar-refractivity contribution in [3.63, 3.8) is 0 Å². The lowest BCUT2D eigenvalue weighted by atomic mass is 9.92. The van der Waals surface area contributed by atoms with E-state index in [1.54, 1.807) is 6.92 Å². The molecular formula is C15H16F3N3O3S2. The van der Waals surface area contributed by atoms with Gasteiger partial charge in [0, 0.05) is 5.56 Å². The molecule has 1 aliphatic rings. The second-order valence-electron chi connectivity index (χ2n) is 6.05. The number of thiophene rings is 1. The first-order valence-electron chi connectivity index (χ1n) is 7.85. The number of amides is 1. The Labute approximate surface area is 151 Å². The van der Waals surface area contributed by atoms with Crippen LogP contribution in [0.5, 0.6) is 0 Å². The van der Waals surface area contributed by atoms with E-state index in [1.807, 2.05) is 0 Å². The molecule has 2 aromatic heterocycles. The Kier molecular flexibility index (Phi) is 4.63. The topological polar surface area (TPSA) is 95.0 Å². The molecule has 0 unspecified atom stereocenters. The predicted molar refractivity (Wildman–Crippen MR) is 89.9 cm³/mol. The van der Waals surface area contributed by atoms with Crippen LogP contribution in [0.4, 0.5) is 13.2 Å². The van der Waals surface area contributed by atoms with Crippen molar-refractivity contribution in [1.82, 2.24) is 9.78 Å². The van der Waals surface area contributed by atoms with Gasteiger partial charge in [-0.1, -0.05) is 6.92 Å². The Bertz CT molecular complexity index is 974. The van der Waals surface area contributed by atoms with Crippen molar-refractivity contribution in [1.29, 1.82) is 0 Å². The van der Waals surface area contributed by atoms with Crippen LogP contribution < -0.4 is 5.73 Å². The van der Waals surface area contributed by atoms with Gasteiger partial charge in [-0.05, 0) is 30.4 Å². The summed E-state index contributed by atoms with van der Waals surface area (Å²) in [5.74, 6) is -0.949. The number of nitrogens with two attached hydrogens (primary N) is 1. The summed E-state index contributed by atoms with van der Waals surface area (Å²) in [5, 5.41) is 3.80. The molecule has 2 heterocycles. The summed E-state index contributed by atoms with van der Waals surface area (Å²) >= 11 is 0.739. The van der Waals surface area contributed by atoms with Gasteiger partial charge in [0.15, 0.2) is 9.84 Å². The zero-order chi connectivity index (χ0) is 19.3. The number of primary amides is 1. The third-order valence-electron chi connectivity index (χ3n) is 4.08. The van der Waals surface area contributed by atoms with Crippen LogP contribution in [0.15, 0.2) is 10.4 Å². The molecule has 26 heavy (non-hydrogen) atoms. The van der Waals surface area contributed by atoms with Crippen molar-refractivity contribution in [2.24, 2.45) is 5.73 Å². The molecule has 6 nitrogen and oxygen atoms in total. The Morgan fingerprint density at radius 3 is 2.65 bits per heavy atom. The van der Waals surface area contributed by atoms with Crippen LogP contribution in [-0.4, -0.2) is 36.0 Å². The number of sulfone groups is 1. The minimum Gasteiger partial charge on any atom is -0.365 e. The molecule has 0 saturated heterocycles. The summed E-state index contributed by atoms with van der Waals surface area (Å²) in [5.41, 5.74) is 6.57. The van der Waals surface area contributed by atoms with Crippen molar-refractivity contribution >= 4 is 27.1 Å². The minimum atomic E-state index is -4.51. The Balaban J connectivity index is 2.29. The zero-order valence-corrected chi connectivity index (χ0v) is 15.4. The molecular weight excluding hydrogens is 391 g/mol. The molecule has 0 radical (unpaired) electrons. The summed E-state index contributed by atoms with van der Waals surface area (Å²) in [6.45, 7) is 0.350. The Morgan fingerprint density at radius 1 is 1.38 bits per heavy atom. The van der Waals surface area contributed by atoms with Crippen molar-refractivity contribution < 1.29 is 26.4 Å². The van der Waals surface area contributed by atoms with Gasteiger partial charge in [-0.2, -0.15) is 18.3 Å². The van der Waals surface area contributed by atoms with E-state index in [-0.39, 0.29) is 26.1 Å². The summed E-state index contributed by atoms with van der Waals surface area (Å²) in [4.78, 5) is 11.9. The van der Waals surface area contributed by atoms with Crippen LogP contribution in [0.25, 0.3) is 11.3 Å². The predicted octanol–water partition coefficient (Wildman–Crippen LogP) is 2.56. The van der Waals surface area contributed by atoms with Crippen LogP contribution in [-0.2, 0) is 29.2 Å².